The van der Waals surface area contributed by atoms with Gasteiger partial charge in [0.1, 0.15) is 0 Å². The number of benzene rings is 1. The Hall–Kier alpha value is -0.550. The van der Waals surface area contributed by atoms with Crippen LogP contribution < -0.4 is 5.73 Å². The van der Waals surface area contributed by atoms with Crippen LogP contribution in [0.1, 0.15) is 12.5 Å². The zero-order chi connectivity index (χ0) is 14.3. The van der Waals surface area contributed by atoms with Crippen molar-refractivity contribution >= 4 is 11.8 Å². The van der Waals surface area contributed by atoms with Gasteiger partial charge < -0.3 is 15.7 Å². The third kappa shape index (κ3) is 5.95. The minimum Gasteiger partial charge on any atom is -0.390 e. The molecule has 0 spiro atoms. The molecule has 0 aliphatic rings. The van der Waals surface area contributed by atoms with Crippen molar-refractivity contribution in [1.82, 2.24) is 4.90 Å². The van der Waals surface area contributed by atoms with Gasteiger partial charge in [0.05, 0.1) is 6.10 Å². The highest BCUT2D eigenvalue weighted by molar-refractivity contribution is 7.98. The second-order valence-corrected chi connectivity index (χ2v) is 6.08. The van der Waals surface area contributed by atoms with E-state index in [4.69, 9.17) is 5.73 Å². The molecule has 0 aliphatic carbocycles. The molecule has 0 aliphatic heterocycles. The van der Waals surface area contributed by atoms with Crippen LogP contribution >= 0.6 is 11.8 Å². The predicted octanol–water partition coefficient (Wildman–Crippen LogP) is 1.60. The minimum atomic E-state index is -0.491. The first-order chi connectivity index (χ1) is 9.04. The van der Waals surface area contributed by atoms with Crippen LogP contribution in [0.3, 0.4) is 0 Å². The van der Waals surface area contributed by atoms with Crippen molar-refractivity contribution in [2.45, 2.75) is 31.5 Å². The highest BCUT2D eigenvalue weighted by Gasteiger charge is 2.19. The van der Waals surface area contributed by atoms with Crippen LogP contribution in [-0.4, -0.2) is 53.8 Å². The lowest BCUT2D eigenvalue weighted by Crippen LogP contribution is -2.46. The van der Waals surface area contributed by atoms with Crippen molar-refractivity contribution in [2.75, 3.05) is 25.6 Å². The van der Waals surface area contributed by atoms with Crippen molar-refractivity contribution in [2.24, 2.45) is 5.73 Å². The molecule has 0 radical (unpaired) electrons. The molecule has 0 saturated heterocycles. The van der Waals surface area contributed by atoms with Gasteiger partial charge in [-0.25, -0.2) is 0 Å². The summed E-state index contributed by atoms with van der Waals surface area (Å²) >= 11 is 1.82. The van der Waals surface area contributed by atoms with Crippen molar-refractivity contribution in [1.29, 1.82) is 0 Å². The van der Waals surface area contributed by atoms with Crippen LogP contribution in [0.4, 0.5) is 0 Å². The number of nitrogens with two attached hydrogens (primary N) is 1. The Balaban J connectivity index is 2.42. The van der Waals surface area contributed by atoms with Gasteiger partial charge in [-0.05, 0) is 32.2 Å². The number of hydrogen-bond acceptors (Lipinski definition) is 4. The molecule has 0 aromatic heterocycles. The van der Waals surface area contributed by atoms with E-state index in [1.54, 1.807) is 0 Å². The molecule has 3 atom stereocenters. The second kappa shape index (κ2) is 8.59. The van der Waals surface area contributed by atoms with E-state index in [-0.39, 0.29) is 6.04 Å². The van der Waals surface area contributed by atoms with Gasteiger partial charge in [0.25, 0.3) is 0 Å². The highest BCUT2D eigenvalue weighted by atomic mass is 32.2. The average Bonchev–Trinajstić information content (AvgIpc) is 2.40. The lowest BCUT2D eigenvalue weighted by Gasteiger charge is -2.29. The van der Waals surface area contributed by atoms with Crippen molar-refractivity contribution in [3.8, 4) is 0 Å². The van der Waals surface area contributed by atoms with E-state index in [1.165, 1.54) is 5.56 Å². The van der Waals surface area contributed by atoms with Gasteiger partial charge in [-0.1, -0.05) is 30.3 Å². The summed E-state index contributed by atoms with van der Waals surface area (Å²) < 4.78 is 0. The molecule has 1 rings (SSSR count). The summed E-state index contributed by atoms with van der Waals surface area (Å²) in [6, 6.07) is 10.3. The molecule has 3 N–H and O–H groups in total. The Labute approximate surface area is 121 Å². The van der Waals surface area contributed by atoms with Crippen LogP contribution in [0, 0.1) is 0 Å². The number of aliphatic hydroxyl groups is 1. The summed E-state index contributed by atoms with van der Waals surface area (Å²) in [5, 5.41) is 10.2. The number of rotatable bonds is 8. The van der Waals surface area contributed by atoms with Gasteiger partial charge in [-0.2, -0.15) is 11.8 Å². The lowest BCUT2D eigenvalue weighted by molar-refractivity contribution is 0.0910. The maximum absolute atomic E-state index is 10.2. The SMILES string of the molecule is CSCC(C)N(C)CC(O)C(N)Cc1ccccc1. The molecule has 0 bridgehead atoms. The van der Waals surface area contributed by atoms with E-state index in [0.717, 1.165) is 5.75 Å². The van der Waals surface area contributed by atoms with Gasteiger partial charge in [0, 0.05) is 24.4 Å². The zero-order valence-electron chi connectivity index (χ0n) is 12.1. The Morgan fingerprint density at radius 3 is 2.53 bits per heavy atom. The first-order valence-corrected chi connectivity index (χ1v) is 8.10. The summed E-state index contributed by atoms with van der Waals surface area (Å²) in [6.45, 7) is 2.79. The third-order valence-electron chi connectivity index (χ3n) is 3.44. The molecule has 1 aromatic rings. The number of likely N-dealkylation sites (N-methyl/N-ethyl adjacent to an activating group) is 1. The number of aliphatic hydroxyl groups excluding tert-OH is 1. The summed E-state index contributed by atoms with van der Waals surface area (Å²) in [6.07, 6.45) is 2.32. The summed E-state index contributed by atoms with van der Waals surface area (Å²) in [4.78, 5) is 2.17. The van der Waals surface area contributed by atoms with Gasteiger partial charge in [-0.15, -0.1) is 0 Å². The number of nitrogens with zero attached hydrogens (tertiary/aromatic N) is 1. The molecule has 4 heteroatoms. The third-order valence-corrected chi connectivity index (χ3v) is 4.26. The molecular weight excluding hydrogens is 256 g/mol. The lowest BCUT2D eigenvalue weighted by atomic mass is 10.0. The fourth-order valence-corrected chi connectivity index (χ4v) is 2.74. The van der Waals surface area contributed by atoms with Crippen molar-refractivity contribution in [3.63, 3.8) is 0 Å². The monoisotopic (exact) mass is 282 g/mol. The first kappa shape index (κ1) is 16.5. The summed E-state index contributed by atoms with van der Waals surface area (Å²) in [7, 11) is 2.04. The second-order valence-electron chi connectivity index (χ2n) is 5.16. The molecular formula is C15H26N2OS. The Morgan fingerprint density at radius 2 is 1.95 bits per heavy atom. The maximum Gasteiger partial charge on any atom is 0.0820 e. The molecule has 1 aromatic carbocycles. The van der Waals surface area contributed by atoms with Crippen molar-refractivity contribution < 1.29 is 5.11 Å². The maximum atomic E-state index is 10.2. The van der Waals surface area contributed by atoms with Gasteiger partial charge in [0.2, 0.25) is 0 Å². The molecule has 0 fully saturated rings. The zero-order valence-corrected chi connectivity index (χ0v) is 12.9. The van der Waals surface area contributed by atoms with Crippen molar-refractivity contribution in [3.05, 3.63) is 35.9 Å². The van der Waals surface area contributed by atoms with E-state index in [2.05, 4.69) is 18.1 Å². The molecule has 3 unspecified atom stereocenters. The van der Waals surface area contributed by atoms with Crippen LogP contribution in [0.15, 0.2) is 30.3 Å². The van der Waals surface area contributed by atoms with E-state index < -0.39 is 6.10 Å². The summed E-state index contributed by atoms with van der Waals surface area (Å²) in [5.41, 5.74) is 7.26. The van der Waals surface area contributed by atoms with Crippen LogP contribution in [0.2, 0.25) is 0 Å². The minimum absolute atomic E-state index is 0.216. The Bertz CT molecular complexity index is 347. The standard InChI is InChI=1S/C15H26N2OS/c1-12(11-19-3)17(2)10-15(18)14(16)9-13-7-5-4-6-8-13/h4-8,12,14-15,18H,9-11,16H2,1-3H3. The van der Waals surface area contributed by atoms with E-state index in [0.29, 0.717) is 19.0 Å². The first-order valence-electron chi connectivity index (χ1n) is 6.71. The van der Waals surface area contributed by atoms with Gasteiger partial charge in [0.15, 0.2) is 0 Å². The summed E-state index contributed by atoms with van der Waals surface area (Å²) in [5.74, 6) is 1.07. The number of hydrogen-bond donors (Lipinski definition) is 2. The molecule has 3 nitrogen and oxygen atoms in total. The topological polar surface area (TPSA) is 49.5 Å². The van der Waals surface area contributed by atoms with E-state index >= 15 is 0 Å². The average molecular weight is 282 g/mol. The predicted molar refractivity (Wildman–Crippen MR) is 84.6 cm³/mol. The Kier molecular flexibility index (Phi) is 7.46. The fraction of sp³-hybridized carbons (Fsp3) is 0.600. The van der Waals surface area contributed by atoms with Gasteiger partial charge >= 0.3 is 0 Å². The Morgan fingerprint density at radius 1 is 1.32 bits per heavy atom. The molecule has 108 valence electrons. The van der Waals surface area contributed by atoms with E-state index in [1.807, 2.05) is 49.1 Å². The largest absolute Gasteiger partial charge is 0.390 e. The quantitative estimate of drug-likeness (QED) is 0.760. The van der Waals surface area contributed by atoms with Crippen LogP contribution in [0.5, 0.6) is 0 Å². The molecule has 0 heterocycles. The van der Waals surface area contributed by atoms with Gasteiger partial charge in [-0.3, -0.25) is 0 Å². The fourth-order valence-electron chi connectivity index (χ4n) is 2.00. The molecule has 19 heavy (non-hydrogen) atoms. The molecule has 0 saturated carbocycles. The number of thioether (sulfide) groups is 1. The smallest absolute Gasteiger partial charge is 0.0820 e. The van der Waals surface area contributed by atoms with E-state index in [9.17, 15) is 5.11 Å². The molecule has 0 amide bonds. The normalized spacial score (nSPS) is 16.3. The highest BCUT2D eigenvalue weighted by Crippen LogP contribution is 2.08. The van der Waals surface area contributed by atoms with Crippen LogP contribution in [-0.2, 0) is 6.42 Å². The van der Waals surface area contributed by atoms with Crippen LogP contribution in [0.25, 0.3) is 0 Å².